The van der Waals surface area contributed by atoms with Gasteiger partial charge in [0.2, 0.25) is 0 Å². The van der Waals surface area contributed by atoms with E-state index in [0.29, 0.717) is 0 Å². The largest absolute Gasteiger partial charge is 0.402 e. The van der Waals surface area contributed by atoms with Crippen LogP contribution < -0.4 is 0 Å². The first-order valence-electron chi connectivity index (χ1n) is 4.74. The van der Waals surface area contributed by atoms with Crippen molar-refractivity contribution < 1.29 is 5.11 Å². The normalized spacial score (nSPS) is 13.2. The van der Waals surface area contributed by atoms with Crippen molar-refractivity contribution >= 4 is 0 Å². The highest BCUT2D eigenvalue weighted by molar-refractivity contribution is 5.18. The predicted molar refractivity (Wildman–Crippen MR) is 51.1 cm³/mol. The minimum atomic E-state index is -0.244. The summed E-state index contributed by atoms with van der Waals surface area (Å²) in [4.78, 5) is 0. The zero-order valence-corrected chi connectivity index (χ0v) is 7.66. The van der Waals surface area contributed by atoms with Crippen molar-refractivity contribution in [1.82, 2.24) is 0 Å². The van der Waals surface area contributed by atoms with Crippen molar-refractivity contribution in [2.45, 2.75) is 38.7 Å². The molecule has 1 rings (SSSR count). The third-order valence-electron chi connectivity index (χ3n) is 2.15. The van der Waals surface area contributed by atoms with Crippen LogP contribution in [0.5, 0.6) is 0 Å². The molecule has 0 saturated carbocycles. The summed E-state index contributed by atoms with van der Waals surface area (Å²) in [7, 11) is 0. The smallest absolute Gasteiger partial charge is 0.0253 e. The van der Waals surface area contributed by atoms with Gasteiger partial charge in [-0.2, -0.15) is 23.8 Å². The first kappa shape index (κ1) is 9.40. The lowest BCUT2D eigenvalue weighted by atomic mass is 10.1. The first-order chi connectivity index (χ1) is 5.84. The summed E-state index contributed by atoms with van der Waals surface area (Å²) in [5.74, 6) is 0. The molecule has 1 N–H and O–H groups in total. The topological polar surface area (TPSA) is 20.2 Å². The van der Waals surface area contributed by atoms with Gasteiger partial charge in [-0.15, -0.1) is 0 Å². The Bertz CT molecular complexity index is 189. The van der Waals surface area contributed by atoms with Gasteiger partial charge in [0.1, 0.15) is 0 Å². The van der Waals surface area contributed by atoms with Gasteiger partial charge in [0.25, 0.3) is 0 Å². The van der Waals surface area contributed by atoms with Crippen LogP contribution in [-0.2, 0) is 0 Å². The SMILES string of the molecule is CCCCC[C@H](O)c1cc[cH-]c1. The molecule has 68 valence electrons. The zero-order chi connectivity index (χ0) is 8.81. The Morgan fingerprint density at radius 1 is 1.50 bits per heavy atom. The molecule has 0 aromatic heterocycles. The minimum Gasteiger partial charge on any atom is -0.402 e. The van der Waals surface area contributed by atoms with Crippen LogP contribution in [0.2, 0.25) is 0 Å². The average Bonchev–Trinajstić information content (AvgIpc) is 2.56. The Hall–Kier alpha value is -0.690. The van der Waals surface area contributed by atoms with Gasteiger partial charge < -0.3 is 5.11 Å². The molecule has 12 heavy (non-hydrogen) atoms. The maximum atomic E-state index is 9.64. The van der Waals surface area contributed by atoms with Gasteiger partial charge in [-0.1, -0.05) is 26.2 Å². The van der Waals surface area contributed by atoms with E-state index in [0.717, 1.165) is 18.4 Å². The number of aliphatic hydroxyl groups is 1. The van der Waals surface area contributed by atoms with Crippen molar-refractivity contribution in [2.24, 2.45) is 0 Å². The minimum absolute atomic E-state index is 0.244. The number of hydrogen-bond donors (Lipinski definition) is 1. The molecule has 1 heteroatoms. The Balaban J connectivity index is 2.25. The van der Waals surface area contributed by atoms with Gasteiger partial charge in [0.15, 0.2) is 0 Å². The zero-order valence-electron chi connectivity index (χ0n) is 7.66. The van der Waals surface area contributed by atoms with E-state index >= 15 is 0 Å². The second-order valence-electron chi connectivity index (χ2n) is 3.23. The van der Waals surface area contributed by atoms with Crippen LogP contribution in [0.15, 0.2) is 24.3 Å². The first-order valence-corrected chi connectivity index (χ1v) is 4.74. The van der Waals surface area contributed by atoms with Crippen LogP contribution in [0.1, 0.15) is 44.3 Å². The Labute approximate surface area is 74.4 Å². The molecule has 0 unspecified atom stereocenters. The van der Waals surface area contributed by atoms with E-state index in [1.807, 2.05) is 24.3 Å². The molecule has 0 fully saturated rings. The molecule has 1 aromatic carbocycles. The maximum Gasteiger partial charge on any atom is 0.0253 e. The summed E-state index contributed by atoms with van der Waals surface area (Å²) in [6.45, 7) is 2.18. The van der Waals surface area contributed by atoms with Crippen molar-refractivity contribution in [3.63, 3.8) is 0 Å². The predicted octanol–water partition coefficient (Wildman–Crippen LogP) is 3.02. The van der Waals surface area contributed by atoms with Gasteiger partial charge in [0.05, 0.1) is 0 Å². The van der Waals surface area contributed by atoms with E-state index in [1.54, 1.807) is 0 Å². The molecule has 1 atom stereocenters. The molecule has 0 radical (unpaired) electrons. The van der Waals surface area contributed by atoms with Crippen LogP contribution >= 0.6 is 0 Å². The van der Waals surface area contributed by atoms with Crippen molar-refractivity contribution in [2.75, 3.05) is 0 Å². The van der Waals surface area contributed by atoms with Gasteiger partial charge in [-0.25, -0.2) is 6.07 Å². The van der Waals surface area contributed by atoms with Gasteiger partial charge in [-0.05, 0) is 6.42 Å². The van der Waals surface area contributed by atoms with Gasteiger partial charge in [-0.3, -0.25) is 0 Å². The van der Waals surface area contributed by atoms with E-state index in [1.165, 1.54) is 12.8 Å². The molecule has 0 amide bonds. The Kier molecular flexibility index (Phi) is 3.95. The lowest BCUT2D eigenvalue weighted by molar-refractivity contribution is 0.164. The van der Waals surface area contributed by atoms with Crippen LogP contribution in [0.4, 0.5) is 0 Å². The summed E-state index contributed by atoms with van der Waals surface area (Å²) in [5.41, 5.74) is 1.06. The van der Waals surface area contributed by atoms with Crippen molar-refractivity contribution in [3.8, 4) is 0 Å². The monoisotopic (exact) mass is 165 g/mol. The molecular formula is C11H17O-. The van der Waals surface area contributed by atoms with E-state index in [4.69, 9.17) is 0 Å². The lowest BCUT2D eigenvalue weighted by Gasteiger charge is -2.13. The van der Waals surface area contributed by atoms with Crippen molar-refractivity contribution in [1.29, 1.82) is 0 Å². The second kappa shape index (κ2) is 5.04. The van der Waals surface area contributed by atoms with E-state index in [2.05, 4.69) is 6.92 Å². The number of hydrogen-bond acceptors (Lipinski definition) is 1. The fraction of sp³-hybridized carbons (Fsp3) is 0.545. The van der Waals surface area contributed by atoms with Crippen molar-refractivity contribution in [3.05, 3.63) is 29.8 Å². The third-order valence-corrected chi connectivity index (χ3v) is 2.15. The quantitative estimate of drug-likeness (QED) is 0.525. The highest BCUT2D eigenvalue weighted by Crippen LogP contribution is 2.19. The van der Waals surface area contributed by atoms with Gasteiger partial charge in [0, 0.05) is 6.10 Å². The summed E-state index contributed by atoms with van der Waals surface area (Å²) in [6, 6.07) is 7.91. The average molecular weight is 165 g/mol. The molecule has 1 nitrogen and oxygen atoms in total. The molecule has 0 heterocycles. The molecule has 0 aliphatic rings. The molecule has 1 aromatic rings. The standard InChI is InChI=1S/C11H17O/c1-2-3-4-9-11(12)10-7-5-6-8-10/h5-8,11-12H,2-4,9H2,1H3/q-1/t11-/m0/s1. The molecule has 0 saturated heterocycles. The fourth-order valence-corrected chi connectivity index (χ4v) is 1.37. The number of aliphatic hydroxyl groups excluding tert-OH is 1. The van der Waals surface area contributed by atoms with Crippen LogP contribution in [-0.4, -0.2) is 5.11 Å². The summed E-state index contributed by atoms with van der Waals surface area (Å²) in [6.07, 6.45) is 4.22. The Morgan fingerprint density at radius 2 is 2.33 bits per heavy atom. The van der Waals surface area contributed by atoms with E-state index in [-0.39, 0.29) is 6.10 Å². The highest BCUT2D eigenvalue weighted by Gasteiger charge is 1.99. The summed E-state index contributed by atoms with van der Waals surface area (Å²) >= 11 is 0. The molecule has 0 spiro atoms. The maximum absolute atomic E-state index is 9.64. The molecular weight excluding hydrogens is 148 g/mol. The summed E-state index contributed by atoms with van der Waals surface area (Å²) in [5, 5.41) is 9.64. The van der Waals surface area contributed by atoms with Crippen LogP contribution in [0, 0.1) is 0 Å². The van der Waals surface area contributed by atoms with Gasteiger partial charge >= 0.3 is 0 Å². The van der Waals surface area contributed by atoms with Crippen LogP contribution in [0.25, 0.3) is 0 Å². The number of rotatable bonds is 5. The third kappa shape index (κ3) is 2.74. The molecule has 0 aliphatic carbocycles. The Morgan fingerprint density at radius 3 is 2.92 bits per heavy atom. The molecule has 0 aliphatic heterocycles. The highest BCUT2D eigenvalue weighted by atomic mass is 16.3. The second-order valence-corrected chi connectivity index (χ2v) is 3.23. The number of unbranched alkanes of at least 4 members (excludes halogenated alkanes) is 2. The van der Waals surface area contributed by atoms with E-state index < -0.39 is 0 Å². The fourth-order valence-electron chi connectivity index (χ4n) is 1.37. The summed E-state index contributed by atoms with van der Waals surface area (Å²) < 4.78 is 0. The van der Waals surface area contributed by atoms with Crippen LogP contribution in [0.3, 0.4) is 0 Å². The van der Waals surface area contributed by atoms with E-state index in [9.17, 15) is 5.11 Å². The molecule has 0 bridgehead atoms. The lowest BCUT2D eigenvalue weighted by Crippen LogP contribution is -1.94.